The Bertz CT molecular complexity index is 934. The van der Waals surface area contributed by atoms with Crippen molar-refractivity contribution in [1.82, 2.24) is 19.3 Å². The summed E-state index contributed by atoms with van der Waals surface area (Å²) in [6.45, 7) is 0.113. The molecule has 0 radical (unpaired) electrons. The third-order valence-corrected chi connectivity index (χ3v) is 3.79. The third kappa shape index (κ3) is 2.51. The predicted molar refractivity (Wildman–Crippen MR) is 72.0 cm³/mol. The zero-order valence-electron chi connectivity index (χ0n) is 11.7. The van der Waals surface area contributed by atoms with Crippen molar-refractivity contribution in [2.75, 3.05) is 0 Å². The van der Waals surface area contributed by atoms with Crippen LogP contribution in [0.25, 0.3) is 5.52 Å². The quantitative estimate of drug-likeness (QED) is 0.742. The van der Waals surface area contributed by atoms with Crippen molar-refractivity contribution in [3.05, 3.63) is 52.0 Å². The maximum atomic E-state index is 12.7. The van der Waals surface area contributed by atoms with Crippen LogP contribution in [-0.4, -0.2) is 19.3 Å². The van der Waals surface area contributed by atoms with Crippen molar-refractivity contribution in [3.8, 4) is 0 Å². The highest BCUT2D eigenvalue weighted by Crippen LogP contribution is 2.39. The normalized spacial score (nSPS) is 15.4. The first-order valence-electron chi connectivity index (χ1n) is 7.03. The lowest BCUT2D eigenvalue weighted by Crippen LogP contribution is -2.21. The molecule has 120 valence electrons. The molecule has 23 heavy (non-hydrogen) atoms. The minimum absolute atomic E-state index is 0.113. The number of halogens is 3. The van der Waals surface area contributed by atoms with E-state index >= 15 is 0 Å². The Kier molecular flexibility index (Phi) is 2.87. The lowest BCUT2D eigenvalue weighted by molar-refractivity contribution is -0.141. The van der Waals surface area contributed by atoms with Gasteiger partial charge >= 0.3 is 6.18 Å². The fourth-order valence-electron chi connectivity index (χ4n) is 2.43. The molecule has 1 aliphatic carbocycles. The second-order valence-corrected chi connectivity index (χ2v) is 5.58. The van der Waals surface area contributed by atoms with Gasteiger partial charge in [-0.25, -0.2) is 4.52 Å². The van der Waals surface area contributed by atoms with Crippen molar-refractivity contribution >= 4 is 5.52 Å². The van der Waals surface area contributed by atoms with E-state index in [9.17, 15) is 18.0 Å². The molecule has 9 heteroatoms. The molecular weight excluding hydrogens is 313 g/mol. The Morgan fingerprint density at radius 2 is 2.04 bits per heavy atom. The molecule has 0 saturated heterocycles. The minimum Gasteiger partial charge on any atom is -0.359 e. The van der Waals surface area contributed by atoms with Gasteiger partial charge in [-0.05, 0) is 12.8 Å². The Labute approximate surface area is 127 Å². The van der Waals surface area contributed by atoms with Crippen molar-refractivity contribution in [2.24, 2.45) is 0 Å². The first kappa shape index (κ1) is 14.0. The van der Waals surface area contributed by atoms with Crippen molar-refractivity contribution in [3.63, 3.8) is 0 Å². The summed E-state index contributed by atoms with van der Waals surface area (Å²) in [5.74, 6) is 0.921. The number of alkyl halides is 3. The molecule has 0 unspecified atom stereocenters. The average Bonchev–Trinajstić information content (AvgIpc) is 3.06. The summed E-state index contributed by atoms with van der Waals surface area (Å²) in [7, 11) is 0. The van der Waals surface area contributed by atoms with Crippen LogP contribution in [-0.2, 0) is 12.7 Å². The van der Waals surface area contributed by atoms with E-state index in [1.54, 1.807) is 6.07 Å². The third-order valence-electron chi connectivity index (χ3n) is 3.79. The number of hydrogen-bond donors (Lipinski definition) is 0. The van der Waals surface area contributed by atoms with Crippen LogP contribution in [0.3, 0.4) is 0 Å². The van der Waals surface area contributed by atoms with Gasteiger partial charge in [0.2, 0.25) is 0 Å². The molecule has 0 bridgehead atoms. The molecule has 0 spiro atoms. The number of aromatic nitrogens is 4. The van der Waals surface area contributed by atoms with Crippen LogP contribution in [0.5, 0.6) is 0 Å². The maximum Gasteiger partial charge on any atom is 0.435 e. The van der Waals surface area contributed by atoms with Gasteiger partial charge < -0.3 is 9.09 Å². The average molecular weight is 324 g/mol. The van der Waals surface area contributed by atoms with Crippen LogP contribution in [0.1, 0.15) is 35.9 Å². The summed E-state index contributed by atoms with van der Waals surface area (Å²) in [6.07, 6.45) is 0.251. The molecule has 0 atom stereocenters. The summed E-state index contributed by atoms with van der Waals surface area (Å²) < 4.78 is 45.4. The van der Waals surface area contributed by atoms with E-state index in [-0.39, 0.29) is 12.1 Å². The Morgan fingerprint density at radius 3 is 2.74 bits per heavy atom. The van der Waals surface area contributed by atoms with Gasteiger partial charge in [0.1, 0.15) is 5.52 Å². The highest BCUT2D eigenvalue weighted by molar-refractivity contribution is 5.45. The highest BCUT2D eigenvalue weighted by atomic mass is 19.4. The Hall–Kier alpha value is -2.58. The number of hydrogen-bond acceptors (Lipinski definition) is 4. The molecule has 0 amide bonds. The topological polar surface area (TPSA) is 65.3 Å². The zero-order chi connectivity index (χ0) is 16.2. The van der Waals surface area contributed by atoms with E-state index in [1.165, 1.54) is 17.0 Å². The van der Waals surface area contributed by atoms with Gasteiger partial charge in [0.05, 0.1) is 12.2 Å². The number of fused-ring (bicyclic) bond motifs is 1. The van der Waals surface area contributed by atoms with Gasteiger partial charge in [0.15, 0.2) is 11.5 Å². The molecule has 1 fully saturated rings. The largest absolute Gasteiger partial charge is 0.435 e. The molecule has 3 aromatic heterocycles. The smallest absolute Gasteiger partial charge is 0.359 e. The summed E-state index contributed by atoms with van der Waals surface area (Å²) >= 11 is 0. The van der Waals surface area contributed by atoms with E-state index < -0.39 is 17.4 Å². The van der Waals surface area contributed by atoms with Crippen molar-refractivity contribution in [2.45, 2.75) is 31.5 Å². The van der Waals surface area contributed by atoms with Gasteiger partial charge in [-0.15, -0.1) is 0 Å². The van der Waals surface area contributed by atoms with E-state index in [4.69, 9.17) is 4.52 Å². The van der Waals surface area contributed by atoms with E-state index in [0.29, 0.717) is 11.7 Å². The fraction of sp³-hybridized carbons (Fsp3) is 0.357. The fourth-order valence-corrected chi connectivity index (χ4v) is 2.43. The van der Waals surface area contributed by atoms with E-state index in [0.717, 1.165) is 29.1 Å². The first-order chi connectivity index (χ1) is 10.9. The van der Waals surface area contributed by atoms with Crippen LogP contribution < -0.4 is 5.56 Å². The summed E-state index contributed by atoms with van der Waals surface area (Å²) in [6, 6.07) is 2.53. The van der Waals surface area contributed by atoms with Crippen LogP contribution in [0, 0.1) is 0 Å². The highest BCUT2D eigenvalue weighted by Gasteiger charge is 2.34. The van der Waals surface area contributed by atoms with Crippen molar-refractivity contribution < 1.29 is 17.7 Å². The second kappa shape index (κ2) is 4.71. The van der Waals surface area contributed by atoms with Crippen LogP contribution in [0.4, 0.5) is 13.2 Å². The Morgan fingerprint density at radius 1 is 1.26 bits per heavy atom. The van der Waals surface area contributed by atoms with Gasteiger partial charge in [-0.1, -0.05) is 5.16 Å². The maximum absolute atomic E-state index is 12.7. The number of nitrogens with zero attached hydrogens (tertiary/aromatic N) is 4. The lowest BCUT2D eigenvalue weighted by atomic mass is 10.3. The SMILES string of the molecule is O=c1c2cc(C(F)(F)F)nn2ccn1Cc1cc(C2CC2)no1. The predicted octanol–water partition coefficient (Wildman–Crippen LogP) is 2.43. The minimum atomic E-state index is -4.59. The monoisotopic (exact) mass is 324 g/mol. The zero-order valence-corrected chi connectivity index (χ0v) is 11.7. The molecule has 0 aliphatic heterocycles. The van der Waals surface area contributed by atoms with Gasteiger partial charge in [0, 0.05) is 30.4 Å². The second-order valence-electron chi connectivity index (χ2n) is 5.58. The van der Waals surface area contributed by atoms with Crippen LogP contribution in [0.2, 0.25) is 0 Å². The molecule has 6 nitrogen and oxygen atoms in total. The summed E-state index contributed by atoms with van der Waals surface area (Å²) in [4.78, 5) is 12.3. The number of rotatable bonds is 3. The molecule has 3 heterocycles. The Balaban J connectivity index is 1.69. The molecular formula is C14H11F3N4O2. The molecule has 0 N–H and O–H groups in total. The van der Waals surface area contributed by atoms with Gasteiger partial charge in [-0.2, -0.15) is 18.3 Å². The summed E-state index contributed by atoms with van der Waals surface area (Å²) in [5, 5.41) is 7.32. The van der Waals surface area contributed by atoms with Crippen LogP contribution >= 0.6 is 0 Å². The summed E-state index contributed by atoms with van der Waals surface area (Å²) in [5.41, 5.74) is -0.942. The molecule has 0 aromatic carbocycles. The first-order valence-corrected chi connectivity index (χ1v) is 7.03. The molecule has 4 rings (SSSR count). The lowest BCUT2D eigenvalue weighted by Gasteiger charge is -2.02. The van der Waals surface area contributed by atoms with Gasteiger partial charge in [-0.3, -0.25) is 4.79 Å². The molecule has 1 saturated carbocycles. The van der Waals surface area contributed by atoms with E-state index in [2.05, 4.69) is 10.3 Å². The molecule has 1 aliphatic rings. The van der Waals surface area contributed by atoms with Crippen LogP contribution in [0.15, 0.2) is 33.8 Å². The van der Waals surface area contributed by atoms with Crippen molar-refractivity contribution in [1.29, 1.82) is 0 Å². The van der Waals surface area contributed by atoms with Gasteiger partial charge in [0.25, 0.3) is 5.56 Å². The standard InChI is InChI=1S/C14H11F3N4O2/c15-14(16,17)12-6-11-13(22)20(3-4-21(11)18-12)7-9-5-10(19-23-9)8-1-2-8/h3-6,8H,1-2,7H2. The molecule has 3 aromatic rings. The van der Waals surface area contributed by atoms with E-state index in [1.807, 2.05) is 0 Å².